The summed E-state index contributed by atoms with van der Waals surface area (Å²) in [4.78, 5) is 55.2. The number of methoxy groups -OCH3 is 1. The third kappa shape index (κ3) is 4.12. The van der Waals surface area contributed by atoms with E-state index < -0.39 is 34.4 Å². The van der Waals surface area contributed by atoms with E-state index in [0.717, 1.165) is 16.2 Å². The maximum absolute atomic E-state index is 13.4. The van der Waals surface area contributed by atoms with Gasteiger partial charge in [-0.1, -0.05) is 23.5 Å². The largest absolute Gasteiger partial charge is 0.507 e. The third-order valence-corrected chi connectivity index (χ3v) is 7.16. The molecule has 2 aliphatic rings. The van der Waals surface area contributed by atoms with Crippen LogP contribution in [0.5, 0.6) is 11.5 Å². The van der Waals surface area contributed by atoms with Crippen LogP contribution in [0.4, 0.5) is 10.8 Å². The lowest BCUT2D eigenvalue weighted by atomic mass is 9.95. The quantitative estimate of drug-likeness (QED) is 0.127. The van der Waals surface area contributed by atoms with Gasteiger partial charge in [0.15, 0.2) is 16.6 Å². The summed E-state index contributed by atoms with van der Waals surface area (Å²) >= 11 is 0.825. The van der Waals surface area contributed by atoms with E-state index in [0.29, 0.717) is 24.7 Å². The average molecular weight is 538 g/mol. The Hall–Kier alpha value is -4.78. The maximum atomic E-state index is 13.4. The first-order valence-corrected chi connectivity index (χ1v) is 12.0. The molecular weight excluding hydrogens is 518 g/mol. The van der Waals surface area contributed by atoms with E-state index in [-0.39, 0.29) is 38.1 Å². The molecule has 0 radical (unpaired) electrons. The molecule has 194 valence electrons. The highest BCUT2D eigenvalue weighted by Gasteiger charge is 2.48. The fourth-order valence-electron chi connectivity index (χ4n) is 4.27. The number of rotatable bonds is 5. The highest BCUT2D eigenvalue weighted by Crippen LogP contribution is 2.45. The lowest BCUT2D eigenvalue weighted by Gasteiger charge is -2.23. The highest BCUT2D eigenvalue weighted by atomic mass is 32.1. The molecule has 1 atom stereocenters. The van der Waals surface area contributed by atoms with Crippen molar-refractivity contribution in [1.82, 2.24) is 4.98 Å². The minimum absolute atomic E-state index is 0.0114. The minimum Gasteiger partial charge on any atom is -0.507 e. The van der Waals surface area contributed by atoms with Crippen LogP contribution in [0.2, 0.25) is 0 Å². The zero-order valence-electron chi connectivity index (χ0n) is 20.0. The number of carbonyl (C=O) groups is 3. The van der Waals surface area contributed by atoms with Gasteiger partial charge in [0.2, 0.25) is 0 Å². The molecule has 1 saturated heterocycles. The zero-order chi connectivity index (χ0) is 27.1. The second-order valence-corrected chi connectivity index (χ2v) is 9.26. The molecule has 3 aromatic rings. The Labute approximate surface area is 218 Å². The third-order valence-electron chi connectivity index (χ3n) is 6.02. The molecule has 1 unspecified atom stereocenters. The number of benzene rings is 2. The van der Waals surface area contributed by atoms with Gasteiger partial charge in [0.25, 0.3) is 11.5 Å². The van der Waals surface area contributed by atoms with Gasteiger partial charge in [-0.3, -0.25) is 24.6 Å². The predicted octanol–water partition coefficient (Wildman–Crippen LogP) is 3.54. The smallest absolute Gasteiger partial charge is 0.350 e. The number of esters is 1. The predicted molar refractivity (Wildman–Crippen MR) is 134 cm³/mol. The first-order chi connectivity index (χ1) is 18.2. The molecule has 12 nitrogen and oxygen atoms in total. The van der Waals surface area contributed by atoms with Gasteiger partial charge in [-0.2, -0.15) is 0 Å². The van der Waals surface area contributed by atoms with E-state index in [9.17, 15) is 29.6 Å². The van der Waals surface area contributed by atoms with Crippen molar-refractivity contribution in [2.24, 2.45) is 0 Å². The Kier molecular flexibility index (Phi) is 6.28. The molecule has 0 bridgehead atoms. The summed E-state index contributed by atoms with van der Waals surface area (Å²) in [6, 6.07) is 8.64. The Bertz CT molecular complexity index is 1540. The molecule has 2 aromatic carbocycles. The summed E-state index contributed by atoms with van der Waals surface area (Å²) in [5.41, 5.74) is 0.0410. The second kappa shape index (κ2) is 9.59. The molecule has 5 rings (SSSR count). The van der Waals surface area contributed by atoms with Gasteiger partial charge in [-0.25, -0.2) is 9.78 Å². The molecule has 1 aromatic heterocycles. The van der Waals surface area contributed by atoms with Gasteiger partial charge in [0, 0.05) is 17.7 Å². The number of thiazole rings is 1. The summed E-state index contributed by atoms with van der Waals surface area (Å²) in [5.74, 6) is -2.43. The number of non-ortho nitro benzene ring substituents is 1. The van der Waals surface area contributed by atoms with Crippen molar-refractivity contribution in [2.75, 3.05) is 25.2 Å². The number of anilines is 1. The van der Waals surface area contributed by atoms with Crippen molar-refractivity contribution in [3.05, 3.63) is 79.8 Å². The van der Waals surface area contributed by atoms with Crippen LogP contribution in [0.1, 0.15) is 32.5 Å². The van der Waals surface area contributed by atoms with E-state index >= 15 is 0 Å². The second-order valence-electron chi connectivity index (χ2n) is 8.28. The standard InChI is InChI=1S/C25H19N3O9S/c1-12-22(24(32)35-2)38-25(26-12)27-19(13-4-3-5-15(10-13)28(33)34)18(21(30)23(27)31)20(29)14-6-7-16-17(11-14)37-9-8-36-16/h3-7,10-11,19,29H,8-9H2,1-2H3/b20-18+. The molecule has 13 heteroatoms. The van der Waals surface area contributed by atoms with E-state index in [1.807, 2.05) is 0 Å². The SMILES string of the molecule is COC(=O)c1sc(N2C(=O)C(=O)/C(=C(/O)c3ccc4c(c3)OCCO4)C2c2cccc([N+](=O)[O-])c2)nc1C. The first-order valence-electron chi connectivity index (χ1n) is 11.2. The number of hydrogen-bond donors (Lipinski definition) is 1. The summed E-state index contributed by atoms with van der Waals surface area (Å²) in [6.07, 6.45) is 0. The number of hydrogen-bond acceptors (Lipinski definition) is 11. The maximum Gasteiger partial charge on any atom is 0.350 e. The number of aliphatic hydroxyl groups is 1. The molecule has 1 N–H and O–H groups in total. The van der Waals surface area contributed by atoms with Crippen LogP contribution in [-0.4, -0.2) is 53.0 Å². The number of aryl methyl sites for hydroxylation is 1. The van der Waals surface area contributed by atoms with Gasteiger partial charge < -0.3 is 19.3 Å². The topological polar surface area (TPSA) is 158 Å². The fraction of sp³-hybridized carbons (Fsp3) is 0.200. The highest BCUT2D eigenvalue weighted by molar-refractivity contribution is 7.17. The lowest BCUT2D eigenvalue weighted by molar-refractivity contribution is -0.384. The van der Waals surface area contributed by atoms with Crippen molar-refractivity contribution < 1.29 is 38.6 Å². The Morgan fingerprint density at radius 3 is 2.63 bits per heavy atom. The first kappa shape index (κ1) is 24.9. The molecule has 0 aliphatic carbocycles. The molecule has 3 heterocycles. The summed E-state index contributed by atoms with van der Waals surface area (Å²) in [6.45, 7) is 2.19. The van der Waals surface area contributed by atoms with Crippen LogP contribution in [-0.2, 0) is 14.3 Å². The Morgan fingerprint density at radius 2 is 1.92 bits per heavy atom. The van der Waals surface area contributed by atoms with E-state index in [4.69, 9.17) is 14.2 Å². The van der Waals surface area contributed by atoms with Crippen LogP contribution < -0.4 is 14.4 Å². The number of ketones is 1. The number of nitrogens with zero attached hydrogens (tertiary/aromatic N) is 3. The zero-order valence-corrected chi connectivity index (χ0v) is 20.8. The van der Waals surface area contributed by atoms with Gasteiger partial charge in [-0.15, -0.1) is 0 Å². The molecule has 1 amide bonds. The number of amides is 1. The van der Waals surface area contributed by atoms with Gasteiger partial charge in [-0.05, 0) is 30.7 Å². The van der Waals surface area contributed by atoms with Gasteiger partial charge in [0.1, 0.15) is 23.9 Å². The molecule has 1 fully saturated rings. The normalized spacial score (nSPS) is 17.9. The van der Waals surface area contributed by atoms with E-state index in [1.165, 1.54) is 43.5 Å². The molecule has 0 spiro atoms. The number of Topliss-reactive ketones (excluding diaryl/α,β-unsaturated/α-hetero) is 1. The Balaban J connectivity index is 1.71. The minimum atomic E-state index is -1.28. The van der Waals surface area contributed by atoms with E-state index in [2.05, 4.69) is 4.98 Å². The summed E-state index contributed by atoms with van der Waals surface area (Å²) in [5, 5.41) is 22.8. The van der Waals surface area contributed by atoms with Gasteiger partial charge >= 0.3 is 11.9 Å². The van der Waals surface area contributed by atoms with Crippen molar-refractivity contribution in [3.8, 4) is 11.5 Å². The Morgan fingerprint density at radius 1 is 1.18 bits per heavy atom. The number of fused-ring (bicyclic) bond motifs is 1. The van der Waals surface area contributed by atoms with Crippen molar-refractivity contribution in [3.63, 3.8) is 0 Å². The number of carbonyl (C=O) groups excluding carboxylic acids is 3. The van der Waals surface area contributed by atoms with E-state index in [1.54, 1.807) is 13.0 Å². The average Bonchev–Trinajstić information content (AvgIpc) is 3.43. The number of ether oxygens (including phenoxy) is 3. The summed E-state index contributed by atoms with van der Waals surface area (Å²) < 4.78 is 15.8. The number of aliphatic hydroxyl groups excluding tert-OH is 1. The fourth-order valence-corrected chi connectivity index (χ4v) is 5.28. The number of nitro benzene ring substituents is 1. The van der Waals surface area contributed by atoms with Crippen LogP contribution in [0.25, 0.3) is 5.76 Å². The van der Waals surface area contributed by atoms with Crippen molar-refractivity contribution in [1.29, 1.82) is 0 Å². The molecular formula is C25H19N3O9S. The van der Waals surface area contributed by atoms with Crippen LogP contribution in [0.15, 0.2) is 48.0 Å². The van der Waals surface area contributed by atoms with Gasteiger partial charge in [0.05, 0.1) is 29.3 Å². The van der Waals surface area contributed by atoms with Crippen LogP contribution >= 0.6 is 11.3 Å². The molecule has 2 aliphatic heterocycles. The van der Waals surface area contributed by atoms with Crippen LogP contribution in [0, 0.1) is 17.0 Å². The number of nitro groups is 1. The lowest BCUT2D eigenvalue weighted by Crippen LogP contribution is -2.29. The number of aromatic nitrogens is 1. The molecule has 38 heavy (non-hydrogen) atoms. The molecule has 0 saturated carbocycles. The van der Waals surface area contributed by atoms with Crippen LogP contribution in [0.3, 0.4) is 0 Å². The van der Waals surface area contributed by atoms with Crippen molar-refractivity contribution in [2.45, 2.75) is 13.0 Å². The van der Waals surface area contributed by atoms with Crippen molar-refractivity contribution >= 4 is 45.6 Å². The monoisotopic (exact) mass is 537 g/mol. The summed E-state index contributed by atoms with van der Waals surface area (Å²) in [7, 11) is 1.20.